The highest BCUT2D eigenvalue weighted by molar-refractivity contribution is 5.03. The number of ether oxygens (including phenoxy) is 2. The van der Waals surface area contributed by atoms with Gasteiger partial charge in [-0.05, 0) is 5.92 Å². The molecular formula is C12H22O2. The Labute approximate surface area is 87.0 Å². The van der Waals surface area contributed by atoms with E-state index < -0.39 is 0 Å². The summed E-state index contributed by atoms with van der Waals surface area (Å²) in [4.78, 5) is 0. The van der Waals surface area contributed by atoms with Gasteiger partial charge in [0.2, 0.25) is 12.1 Å². The van der Waals surface area contributed by atoms with Crippen molar-refractivity contribution in [2.45, 2.75) is 70.9 Å². The van der Waals surface area contributed by atoms with Crippen LogP contribution in [0.5, 0.6) is 0 Å². The molecule has 0 aromatic rings. The monoisotopic (exact) mass is 198 g/mol. The minimum absolute atomic E-state index is 0.0634. The predicted octanol–water partition coefficient (Wildman–Crippen LogP) is 3.46. The molecule has 0 radical (unpaired) electrons. The Bertz CT molecular complexity index is 185. The first-order valence-corrected chi connectivity index (χ1v) is 6.16. The summed E-state index contributed by atoms with van der Waals surface area (Å²) >= 11 is 0. The summed E-state index contributed by atoms with van der Waals surface area (Å²) in [5.41, 5.74) is 0. The van der Waals surface area contributed by atoms with Crippen molar-refractivity contribution in [2.24, 2.45) is 5.92 Å². The molecule has 2 fully saturated rings. The number of rotatable bonds is 8. The summed E-state index contributed by atoms with van der Waals surface area (Å²) in [6.45, 7) is 4.53. The van der Waals surface area contributed by atoms with Crippen molar-refractivity contribution >= 4 is 0 Å². The van der Waals surface area contributed by atoms with E-state index in [9.17, 15) is 0 Å². The van der Waals surface area contributed by atoms with Gasteiger partial charge in [-0.15, -0.1) is 0 Å². The average molecular weight is 198 g/mol. The van der Waals surface area contributed by atoms with Gasteiger partial charge in [0.05, 0.1) is 0 Å². The van der Waals surface area contributed by atoms with Crippen LogP contribution in [-0.4, -0.2) is 12.1 Å². The van der Waals surface area contributed by atoms with E-state index in [1.165, 1.54) is 38.5 Å². The van der Waals surface area contributed by atoms with Crippen LogP contribution in [0, 0.1) is 5.92 Å². The van der Waals surface area contributed by atoms with Gasteiger partial charge in [-0.3, -0.25) is 0 Å². The second-order valence-electron chi connectivity index (χ2n) is 4.73. The lowest BCUT2D eigenvalue weighted by Crippen LogP contribution is -2.09. The van der Waals surface area contributed by atoms with Gasteiger partial charge in [-0.2, -0.15) is 0 Å². The third-order valence-corrected chi connectivity index (χ3v) is 3.34. The van der Waals surface area contributed by atoms with Crippen LogP contribution >= 0.6 is 0 Å². The SMILES string of the molecule is CCCCCC(CCC)CC12OC1O2. The first-order valence-electron chi connectivity index (χ1n) is 6.16. The molecule has 0 spiro atoms. The van der Waals surface area contributed by atoms with Gasteiger partial charge >= 0.3 is 0 Å². The standard InChI is InChI=1S/C12H22O2/c1-3-5-6-8-10(7-4-2)9-12-11(13-12)14-12/h10-11H,3-9H2,1-2H3. The summed E-state index contributed by atoms with van der Waals surface area (Å²) in [5.74, 6) is 0.769. The molecule has 14 heavy (non-hydrogen) atoms. The second kappa shape index (κ2) is 4.19. The fraction of sp³-hybridized carbons (Fsp3) is 1.00. The van der Waals surface area contributed by atoms with E-state index in [4.69, 9.17) is 9.47 Å². The van der Waals surface area contributed by atoms with Crippen LogP contribution in [0.2, 0.25) is 0 Å². The molecule has 0 bridgehead atoms. The molecule has 82 valence electrons. The van der Waals surface area contributed by atoms with Crippen LogP contribution in [0.3, 0.4) is 0 Å². The zero-order valence-corrected chi connectivity index (χ0v) is 9.42. The van der Waals surface area contributed by atoms with Crippen LogP contribution in [-0.2, 0) is 9.47 Å². The Morgan fingerprint density at radius 2 is 1.79 bits per heavy atom. The van der Waals surface area contributed by atoms with Crippen molar-refractivity contribution in [2.75, 3.05) is 0 Å². The van der Waals surface area contributed by atoms with E-state index >= 15 is 0 Å². The van der Waals surface area contributed by atoms with Gasteiger partial charge in [0.15, 0.2) is 0 Å². The van der Waals surface area contributed by atoms with Gasteiger partial charge in [-0.1, -0.05) is 52.4 Å². The van der Waals surface area contributed by atoms with Crippen LogP contribution in [0.25, 0.3) is 0 Å². The minimum atomic E-state index is -0.0634. The van der Waals surface area contributed by atoms with Crippen LogP contribution < -0.4 is 0 Å². The lowest BCUT2D eigenvalue weighted by Gasteiger charge is -2.15. The molecule has 1 unspecified atom stereocenters. The van der Waals surface area contributed by atoms with Crippen molar-refractivity contribution in [1.82, 2.24) is 0 Å². The van der Waals surface area contributed by atoms with E-state index in [-0.39, 0.29) is 12.1 Å². The molecule has 0 aromatic carbocycles. The molecule has 0 amide bonds. The summed E-state index contributed by atoms with van der Waals surface area (Å²) in [7, 11) is 0. The lowest BCUT2D eigenvalue weighted by molar-refractivity contribution is -0.0609. The second-order valence-corrected chi connectivity index (χ2v) is 4.73. The van der Waals surface area contributed by atoms with E-state index in [1.54, 1.807) is 0 Å². The quantitative estimate of drug-likeness (QED) is 0.441. The van der Waals surface area contributed by atoms with Gasteiger partial charge in [0.1, 0.15) is 0 Å². The Morgan fingerprint density at radius 3 is 2.29 bits per heavy atom. The van der Waals surface area contributed by atoms with Crippen molar-refractivity contribution in [3.05, 3.63) is 0 Å². The number of hydrogen-bond donors (Lipinski definition) is 0. The molecule has 2 aliphatic heterocycles. The Morgan fingerprint density at radius 1 is 1.07 bits per heavy atom. The fourth-order valence-electron chi connectivity index (χ4n) is 2.34. The third-order valence-electron chi connectivity index (χ3n) is 3.34. The first kappa shape index (κ1) is 10.4. The maximum atomic E-state index is 5.35. The topological polar surface area (TPSA) is 25.1 Å². The maximum absolute atomic E-state index is 5.35. The van der Waals surface area contributed by atoms with Crippen molar-refractivity contribution in [3.8, 4) is 0 Å². The van der Waals surface area contributed by atoms with E-state index in [0.717, 1.165) is 12.3 Å². The number of hydrogen-bond acceptors (Lipinski definition) is 2. The van der Waals surface area contributed by atoms with Crippen molar-refractivity contribution < 1.29 is 9.47 Å². The average Bonchev–Trinajstić information content (AvgIpc) is 2.94. The third kappa shape index (κ3) is 2.29. The Balaban J connectivity index is 1.64. The van der Waals surface area contributed by atoms with Gasteiger partial charge in [0, 0.05) is 6.42 Å². The lowest BCUT2D eigenvalue weighted by atomic mass is 9.92. The number of unbranched alkanes of at least 4 members (excludes halogenated alkanes) is 2. The number of fused-ring (bicyclic) bond motifs is 1. The van der Waals surface area contributed by atoms with E-state index in [1.807, 2.05) is 0 Å². The summed E-state index contributed by atoms with van der Waals surface area (Å²) in [6.07, 6.45) is 9.41. The molecule has 2 nitrogen and oxygen atoms in total. The van der Waals surface area contributed by atoms with Crippen LogP contribution in [0.4, 0.5) is 0 Å². The van der Waals surface area contributed by atoms with Crippen molar-refractivity contribution in [1.29, 1.82) is 0 Å². The highest BCUT2D eigenvalue weighted by Crippen LogP contribution is 2.60. The highest BCUT2D eigenvalue weighted by Gasteiger charge is 2.76. The van der Waals surface area contributed by atoms with Gasteiger partial charge in [-0.25, -0.2) is 0 Å². The van der Waals surface area contributed by atoms with E-state index in [0.29, 0.717) is 0 Å². The zero-order valence-electron chi connectivity index (χ0n) is 9.42. The molecule has 1 atom stereocenters. The highest BCUT2D eigenvalue weighted by atomic mass is 17.0. The van der Waals surface area contributed by atoms with Gasteiger partial charge < -0.3 is 9.47 Å². The molecule has 2 heteroatoms. The molecule has 2 rings (SSSR count). The van der Waals surface area contributed by atoms with Crippen molar-refractivity contribution in [3.63, 3.8) is 0 Å². The fourth-order valence-corrected chi connectivity index (χ4v) is 2.34. The smallest absolute Gasteiger partial charge is 0.226 e. The number of epoxide rings is 2. The molecule has 0 aliphatic carbocycles. The molecule has 2 saturated heterocycles. The normalized spacial score (nSPS) is 35.1. The molecule has 0 aromatic heterocycles. The Kier molecular flexibility index (Phi) is 3.13. The summed E-state index contributed by atoms with van der Waals surface area (Å²) in [6, 6.07) is 0. The summed E-state index contributed by atoms with van der Waals surface area (Å²) in [5, 5.41) is 0. The Hall–Kier alpha value is -0.0800. The van der Waals surface area contributed by atoms with Crippen LogP contribution in [0.1, 0.15) is 58.8 Å². The summed E-state index contributed by atoms with van der Waals surface area (Å²) < 4.78 is 10.7. The minimum Gasteiger partial charge on any atom is -0.310 e. The molecule has 2 aliphatic rings. The molecule has 2 heterocycles. The first-order chi connectivity index (χ1) is 6.80. The maximum Gasteiger partial charge on any atom is 0.226 e. The molecule has 0 saturated carbocycles. The predicted molar refractivity (Wildman–Crippen MR) is 55.8 cm³/mol. The van der Waals surface area contributed by atoms with Crippen LogP contribution in [0.15, 0.2) is 0 Å². The largest absolute Gasteiger partial charge is 0.310 e. The molecular weight excluding hydrogens is 176 g/mol. The van der Waals surface area contributed by atoms with Gasteiger partial charge in [0.25, 0.3) is 0 Å². The van der Waals surface area contributed by atoms with E-state index in [2.05, 4.69) is 13.8 Å². The molecule has 0 N–H and O–H groups in total. The zero-order chi connectivity index (χ0) is 10.0.